The van der Waals surface area contributed by atoms with Gasteiger partial charge >= 0.3 is 12.3 Å². The molecule has 0 atom stereocenters. The van der Waals surface area contributed by atoms with Gasteiger partial charge in [-0.15, -0.1) is 13.2 Å². The first-order chi connectivity index (χ1) is 6.38. The SMILES string of the molecule is O=C(O)c1cc(OC(F)(F)F)ccn1. The number of carboxylic acids is 1. The van der Waals surface area contributed by atoms with E-state index < -0.39 is 23.8 Å². The van der Waals surface area contributed by atoms with Gasteiger partial charge in [0.05, 0.1) is 0 Å². The molecule has 0 spiro atoms. The summed E-state index contributed by atoms with van der Waals surface area (Å²) in [7, 11) is 0. The van der Waals surface area contributed by atoms with E-state index in [-0.39, 0.29) is 0 Å². The zero-order valence-electron chi connectivity index (χ0n) is 6.58. The third-order valence-electron chi connectivity index (χ3n) is 1.18. The Balaban J connectivity index is 2.89. The molecular formula is C7H4F3NO3. The van der Waals surface area contributed by atoms with Gasteiger partial charge in [-0.1, -0.05) is 0 Å². The number of halogens is 3. The van der Waals surface area contributed by atoms with Gasteiger partial charge in [-0.3, -0.25) is 0 Å². The van der Waals surface area contributed by atoms with Crippen molar-refractivity contribution in [3.63, 3.8) is 0 Å². The third-order valence-corrected chi connectivity index (χ3v) is 1.18. The number of carboxylic acid groups (broad SMARTS) is 1. The molecule has 0 aliphatic rings. The van der Waals surface area contributed by atoms with Gasteiger partial charge in [0, 0.05) is 12.3 Å². The fourth-order valence-corrected chi connectivity index (χ4v) is 0.725. The molecule has 0 aromatic carbocycles. The van der Waals surface area contributed by atoms with E-state index in [9.17, 15) is 18.0 Å². The first-order valence-electron chi connectivity index (χ1n) is 3.33. The highest BCUT2D eigenvalue weighted by atomic mass is 19.4. The number of pyridine rings is 1. The molecule has 4 nitrogen and oxygen atoms in total. The number of alkyl halides is 3. The Kier molecular flexibility index (Phi) is 2.59. The van der Waals surface area contributed by atoms with Gasteiger partial charge < -0.3 is 9.84 Å². The van der Waals surface area contributed by atoms with Gasteiger partial charge in [-0.05, 0) is 6.07 Å². The summed E-state index contributed by atoms with van der Waals surface area (Å²) in [6, 6.07) is 1.61. The fraction of sp³-hybridized carbons (Fsp3) is 0.143. The summed E-state index contributed by atoms with van der Waals surface area (Å²) in [5, 5.41) is 8.41. The van der Waals surface area contributed by atoms with E-state index in [1.165, 1.54) is 0 Å². The van der Waals surface area contributed by atoms with Gasteiger partial charge in [0.1, 0.15) is 5.75 Å². The molecule has 0 saturated heterocycles. The maximum absolute atomic E-state index is 11.7. The average molecular weight is 207 g/mol. The van der Waals surface area contributed by atoms with Crippen LogP contribution in [0.5, 0.6) is 5.75 Å². The van der Waals surface area contributed by atoms with Crippen LogP contribution < -0.4 is 4.74 Å². The molecule has 0 aliphatic heterocycles. The molecule has 7 heteroatoms. The van der Waals surface area contributed by atoms with Crippen LogP contribution in [0.4, 0.5) is 13.2 Å². The zero-order chi connectivity index (χ0) is 10.8. The van der Waals surface area contributed by atoms with Gasteiger partial charge in [0.25, 0.3) is 0 Å². The van der Waals surface area contributed by atoms with E-state index in [1.54, 1.807) is 0 Å². The number of ether oxygens (including phenoxy) is 1. The summed E-state index contributed by atoms with van der Waals surface area (Å²) in [5.41, 5.74) is -0.508. The number of carbonyl (C=O) groups is 1. The van der Waals surface area contributed by atoms with Crippen LogP contribution in [-0.2, 0) is 0 Å². The molecule has 1 N–H and O–H groups in total. The molecule has 1 aromatic heterocycles. The summed E-state index contributed by atoms with van der Waals surface area (Å²) >= 11 is 0. The van der Waals surface area contributed by atoms with Crippen LogP contribution in [-0.4, -0.2) is 22.4 Å². The standard InChI is InChI=1S/C7H4F3NO3/c8-7(9,10)14-4-1-2-11-5(3-4)6(12)13/h1-3H,(H,12,13). The first-order valence-corrected chi connectivity index (χ1v) is 3.33. The van der Waals surface area contributed by atoms with Crippen LogP contribution in [0.2, 0.25) is 0 Å². The number of nitrogens with zero attached hydrogens (tertiary/aromatic N) is 1. The minimum atomic E-state index is -4.84. The summed E-state index contributed by atoms with van der Waals surface area (Å²) < 4.78 is 38.5. The van der Waals surface area contributed by atoms with Crippen LogP contribution in [0.15, 0.2) is 18.3 Å². The fourth-order valence-electron chi connectivity index (χ4n) is 0.725. The molecule has 0 fully saturated rings. The number of aromatic carboxylic acids is 1. The van der Waals surface area contributed by atoms with Crippen LogP contribution in [0.3, 0.4) is 0 Å². The molecule has 0 amide bonds. The summed E-state index contributed by atoms with van der Waals surface area (Å²) in [4.78, 5) is 13.6. The van der Waals surface area contributed by atoms with E-state index in [2.05, 4.69) is 9.72 Å². The number of rotatable bonds is 2. The molecule has 0 aliphatic carbocycles. The Labute approximate surface area is 75.9 Å². The molecule has 0 saturated carbocycles. The lowest BCUT2D eigenvalue weighted by Crippen LogP contribution is -2.17. The number of hydrogen-bond donors (Lipinski definition) is 1. The second-order valence-electron chi connectivity index (χ2n) is 2.23. The second kappa shape index (κ2) is 3.52. The minimum absolute atomic E-state index is 0.508. The number of aromatic nitrogens is 1. The molecule has 0 radical (unpaired) electrons. The maximum atomic E-state index is 11.7. The van der Waals surface area contributed by atoms with Crippen molar-refractivity contribution in [3.8, 4) is 5.75 Å². The molecule has 14 heavy (non-hydrogen) atoms. The summed E-state index contributed by atoms with van der Waals surface area (Å²) in [5.74, 6) is -2.03. The lowest BCUT2D eigenvalue weighted by atomic mass is 10.3. The summed E-state index contributed by atoms with van der Waals surface area (Å²) in [6.07, 6.45) is -3.92. The van der Waals surface area contributed by atoms with Crippen molar-refractivity contribution in [3.05, 3.63) is 24.0 Å². The van der Waals surface area contributed by atoms with E-state index in [0.29, 0.717) is 6.07 Å². The Morgan fingerprint density at radius 2 is 2.14 bits per heavy atom. The monoisotopic (exact) mass is 207 g/mol. The quantitative estimate of drug-likeness (QED) is 0.801. The zero-order valence-corrected chi connectivity index (χ0v) is 6.58. The molecule has 1 aromatic rings. The average Bonchev–Trinajstić information content (AvgIpc) is 2.01. The van der Waals surface area contributed by atoms with Crippen molar-refractivity contribution in [2.24, 2.45) is 0 Å². The predicted octanol–water partition coefficient (Wildman–Crippen LogP) is 1.68. The molecule has 1 heterocycles. The largest absolute Gasteiger partial charge is 0.573 e. The van der Waals surface area contributed by atoms with Crippen molar-refractivity contribution in [2.45, 2.75) is 6.36 Å². The molecule has 76 valence electrons. The predicted molar refractivity (Wildman–Crippen MR) is 37.9 cm³/mol. The van der Waals surface area contributed by atoms with Crippen molar-refractivity contribution >= 4 is 5.97 Å². The Hall–Kier alpha value is -1.79. The van der Waals surface area contributed by atoms with Gasteiger partial charge in [-0.2, -0.15) is 0 Å². The molecule has 1 rings (SSSR count). The smallest absolute Gasteiger partial charge is 0.477 e. The van der Waals surface area contributed by atoms with Crippen molar-refractivity contribution in [2.75, 3.05) is 0 Å². The summed E-state index contributed by atoms with van der Waals surface area (Å²) in [6.45, 7) is 0. The molecular weight excluding hydrogens is 203 g/mol. The normalized spacial score (nSPS) is 11.1. The minimum Gasteiger partial charge on any atom is -0.477 e. The van der Waals surface area contributed by atoms with Gasteiger partial charge in [0.15, 0.2) is 5.69 Å². The maximum Gasteiger partial charge on any atom is 0.573 e. The van der Waals surface area contributed by atoms with Crippen LogP contribution in [0, 0.1) is 0 Å². The molecule has 0 bridgehead atoms. The lowest BCUT2D eigenvalue weighted by molar-refractivity contribution is -0.274. The number of hydrogen-bond acceptors (Lipinski definition) is 3. The van der Waals surface area contributed by atoms with Crippen molar-refractivity contribution in [1.82, 2.24) is 4.98 Å². The van der Waals surface area contributed by atoms with Crippen molar-refractivity contribution in [1.29, 1.82) is 0 Å². The van der Waals surface area contributed by atoms with Gasteiger partial charge in [-0.25, -0.2) is 9.78 Å². The Bertz CT molecular complexity index is 350. The molecule has 0 unspecified atom stereocenters. The van der Waals surface area contributed by atoms with E-state index >= 15 is 0 Å². The Morgan fingerprint density at radius 1 is 1.50 bits per heavy atom. The topological polar surface area (TPSA) is 59.4 Å². The highest BCUT2D eigenvalue weighted by Crippen LogP contribution is 2.22. The lowest BCUT2D eigenvalue weighted by Gasteiger charge is -2.08. The van der Waals surface area contributed by atoms with E-state index in [4.69, 9.17) is 5.11 Å². The van der Waals surface area contributed by atoms with Crippen LogP contribution in [0.1, 0.15) is 10.5 Å². The van der Waals surface area contributed by atoms with Crippen LogP contribution in [0.25, 0.3) is 0 Å². The third kappa shape index (κ3) is 2.92. The van der Waals surface area contributed by atoms with Crippen molar-refractivity contribution < 1.29 is 27.8 Å². The Morgan fingerprint density at radius 3 is 2.64 bits per heavy atom. The van der Waals surface area contributed by atoms with E-state index in [1.807, 2.05) is 0 Å². The van der Waals surface area contributed by atoms with E-state index in [0.717, 1.165) is 12.3 Å². The first kappa shape index (κ1) is 10.3. The highest BCUT2D eigenvalue weighted by Gasteiger charge is 2.31. The second-order valence-corrected chi connectivity index (χ2v) is 2.23. The van der Waals surface area contributed by atoms with Gasteiger partial charge in [0.2, 0.25) is 0 Å². The van der Waals surface area contributed by atoms with Crippen LogP contribution >= 0.6 is 0 Å². The highest BCUT2D eigenvalue weighted by molar-refractivity contribution is 5.85.